The molecule has 1 saturated heterocycles. The number of nitrogens with one attached hydrogen (secondary N) is 2. The molecule has 1 fully saturated rings. The van der Waals surface area contributed by atoms with E-state index < -0.39 is 0 Å². The number of benzene rings is 1. The van der Waals surface area contributed by atoms with E-state index in [0.29, 0.717) is 38.9 Å². The van der Waals surface area contributed by atoms with Crippen LogP contribution in [0.3, 0.4) is 0 Å². The van der Waals surface area contributed by atoms with Crippen molar-refractivity contribution >= 4 is 28.3 Å². The first-order valence-corrected chi connectivity index (χ1v) is 9.61. The lowest BCUT2D eigenvalue weighted by atomic mass is 9.96. The molecule has 3 rings (SSSR count). The van der Waals surface area contributed by atoms with Gasteiger partial charge in [-0.2, -0.15) is 0 Å². The van der Waals surface area contributed by atoms with Crippen molar-refractivity contribution in [1.82, 2.24) is 10.2 Å². The van der Waals surface area contributed by atoms with Gasteiger partial charge in [-0.05, 0) is 54.5 Å². The lowest BCUT2D eigenvalue weighted by molar-refractivity contribution is -0.126. The van der Waals surface area contributed by atoms with Gasteiger partial charge in [-0.1, -0.05) is 12.1 Å². The molecule has 0 spiro atoms. The average molecular weight is 375 g/mol. The number of piperidine rings is 1. The molecule has 138 valence electrons. The van der Waals surface area contributed by atoms with Crippen LogP contribution in [0.25, 0.3) is 0 Å². The standard InChI is InChI=1S/C19H22FN3O2S/c20-16-5-3-14(4-6-16)7-10-21-18(24)15-8-11-23(12-9-15)19(25)22-17-2-1-13-26-17/h1-6,13,15H,7-12H2,(H,21,24)(H,22,25). The summed E-state index contributed by atoms with van der Waals surface area (Å²) < 4.78 is 12.9. The third-order valence-corrected chi connectivity index (χ3v) is 5.32. The molecule has 7 heteroatoms. The molecule has 1 aromatic carbocycles. The first-order chi connectivity index (χ1) is 12.6. The monoisotopic (exact) mass is 375 g/mol. The van der Waals surface area contributed by atoms with Crippen molar-refractivity contribution in [3.05, 3.63) is 53.2 Å². The van der Waals surface area contributed by atoms with E-state index in [4.69, 9.17) is 0 Å². The van der Waals surface area contributed by atoms with E-state index in [2.05, 4.69) is 10.6 Å². The van der Waals surface area contributed by atoms with E-state index in [0.717, 1.165) is 10.6 Å². The van der Waals surface area contributed by atoms with Crippen molar-refractivity contribution in [2.45, 2.75) is 19.3 Å². The SMILES string of the molecule is O=C(NCCc1ccc(F)cc1)C1CCN(C(=O)Nc2cccs2)CC1. The Morgan fingerprint density at radius 1 is 1.15 bits per heavy atom. The molecule has 1 aromatic heterocycles. The van der Waals surface area contributed by atoms with Gasteiger partial charge in [0.15, 0.2) is 0 Å². The molecule has 3 amide bonds. The van der Waals surface area contributed by atoms with Gasteiger partial charge in [-0.3, -0.25) is 10.1 Å². The van der Waals surface area contributed by atoms with Crippen molar-refractivity contribution in [1.29, 1.82) is 0 Å². The van der Waals surface area contributed by atoms with E-state index in [-0.39, 0.29) is 23.7 Å². The first kappa shape index (κ1) is 18.4. The number of halogens is 1. The van der Waals surface area contributed by atoms with Gasteiger partial charge in [0.25, 0.3) is 0 Å². The lowest BCUT2D eigenvalue weighted by Crippen LogP contribution is -2.44. The highest BCUT2D eigenvalue weighted by Crippen LogP contribution is 2.20. The van der Waals surface area contributed by atoms with E-state index in [9.17, 15) is 14.0 Å². The lowest BCUT2D eigenvalue weighted by Gasteiger charge is -2.31. The number of anilines is 1. The smallest absolute Gasteiger partial charge is 0.322 e. The predicted molar refractivity (Wildman–Crippen MR) is 101 cm³/mol. The molecule has 0 aliphatic carbocycles. The molecule has 0 radical (unpaired) electrons. The Labute approximate surface area is 156 Å². The summed E-state index contributed by atoms with van der Waals surface area (Å²) in [6, 6.07) is 9.95. The van der Waals surface area contributed by atoms with Crippen LogP contribution < -0.4 is 10.6 Å². The van der Waals surface area contributed by atoms with Gasteiger partial charge in [0.2, 0.25) is 5.91 Å². The third kappa shape index (κ3) is 5.05. The van der Waals surface area contributed by atoms with Gasteiger partial charge in [0.1, 0.15) is 5.82 Å². The second-order valence-electron chi connectivity index (χ2n) is 6.34. The van der Waals surface area contributed by atoms with Gasteiger partial charge < -0.3 is 10.2 Å². The maximum atomic E-state index is 12.9. The summed E-state index contributed by atoms with van der Waals surface area (Å²) in [6.07, 6.45) is 2.01. The molecule has 26 heavy (non-hydrogen) atoms. The summed E-state index contributed by atoms with van der Waals surface area (Å²) in [5.41, 5.74) is 0.992. The number of hydrogen-bond donors (Lipinski definition) is 2. The maximum absolute atomic E-state index is 12.9. The number of amides is 3. The number of likely N-dealkylation sites (tertiary alicyclic amines) is 1. The Balaban J connectivity index is 1.37. The van der Waals surface area contributed by atoms with Gasteiger partial charge in [-0.15, -0.1) is 11.3 Å². The summed E-state index contributed by atoms with van der Waals surface area (Å²) in [5.74, 6) is -0.285. The van der Waals surface area contributed by atoms with E-state index >= 15 is 0 Å². The highest BCUT2D eigenvalue weighted by Gasteiger charge is 2.27. The molecule has 5 nitrogen and oxygen atoms in total. The second-order valence-corrected chi connectivity index (χ2v) is 7.28. The molecule has 0 atom stereocenters. The number of nitrogens with zero attached hydrogens (tertiary/aromatic N) is 1. The quantitative estimate of drug-likeness (QED) is 0.840. The molecule has 2 N–H and O–H groups in total. The van der Waals surface area contributed by atoms with Crippen LogP contribution in [0.15, 0.2) is 41.8 Å². The Morgan fingerprint density at radius 3 is 2.54 bits per heavy atom. The van der Waals surface area contributed by atoms with E-state index in [1.165, 1.54) is 23.5 Å². The molecular formula is C19H22FN3O2S. The molecule has 0 saturated carbocycles. The van der Waals surface area contributed by atoms with Gasteiger partial charge >= 0.3 is 6.03 Å². The number of rotatable bonds is 5. The van der Waals surface area contributed by atoms with Crippen LogP contribution in [-0.2, 0) is 11.2 Å². The Hall–Kier alpha value is -2.41. The maximum Gasteiger partial charge on any atom is 0.322 e. The molecule has 0 bridgehead atoms. The summed E-state index contributed by atoms with van der Waals surface area (Å²) in [4.78, 5) is 26.2. The van der Waals surface area contributed by atoms with Crippen molar-refractivity contribution in [2.75, 3.05) is 25.0 Å². The predicted octanol–water partition coefficient (Wildman–Crippen LogP) is 3.49. The Kier molecular flexibility index (Phi) is 6.22. The fraction of sp³-hybridized carbons (Fsp3) is 0.368. The molecule has 2 aromatic rings. The summed E-state index contributed by atoms with van der Waals surface area (Å²) in [6.45, 7) is 1.68. The number of carbonyl (C=O) groups is 2. The summed E-state index contributed by atoms with van der Waals surface area (Å²) in [5, 5.41) is 8.56. The van der Waals surface area contributed by atoms with Crippen molar-refractivity contribution in [2.24, 2.45) is 5.92 Å². The first-order valence-electron chi connectivity index (χ1n) is 8.73. The Morgan fingerprint density at radius 2 is 1.88 bits per heavy atom. The number of carbonyl (C=O) groups excluding carboxylic acids is 2. The van der Waals surface area contributed by atoms with E-state index in [1.54, 1.807) is 17.0 Å². The van der Waals surface area contributed by atoms with Gasteiger partial charge in [0, 0.05) is 25.6 Å². The van der Waals surface area contributed by atoms with Crippen LogP contribution in [0.2, 0.25) is 0 Å². The zero-order valence-electron chi connectivity index (χ0n) is 14.4. The molecule has 1 aliphatic heterocycles. The Bertz CT molecular complexity index is 726. The summed E-state index contributed by atoms with van der Waals surface area (Å²) >= 11 is 1.49. The fourth-order valence-electron chi connectivity index (χ4n) is 3.00. The largest absolute Gasteiger partial charge is 0.356 e. The molecule has 2 heterocycles. The summed E-state index contributed by atoms with van der Waals surface area (Å²) in [7, 11) is 0. The number of hydrogen-bond acceptors (Lipinski definition) is 3. The number of urea groups is 1. The topological polar surface area (TPSA) is 61.4 Å². The minimum atomic E-state index is -0.257. The minimum Gasteiger partial charge on any atom is -0.356 e. The highest BCUT2D eigenvalue weighted by atomic mass is 32.1. The molecule has 1 aliphatic rings. The zero-order chi connectivity index (χ0) is 18.4. The van der Waals surface area contributed by atoms with Crippen molar-refractivity contribution < 1.29 is 14.0 Å². The highest BCUT2D eigenvalue weighted by molar-refractivity contribution is 7.14. The van der Waals surface area contributed by atoms with Crippen molar-refractivity contribution in [3.8, 4) is 0 Å². The number of thiophene rings is 1. The van der Waals surface area contributed by atoms with E-state index in [1.807, 2.05) is 17.5 Å². The van der Waals surface area contributed by atoms with Crippen LogP contribution in [0, 0.1) is 11.7 Å². The van der Waals surface area contributed by atoms with Crippen LogP contribution in [0.5, 0.6) is 0 Å². The minimum absolute atomic E-state index is 0.0328. The van der Waals surface area contributed by atoms with Gasteiger partial charge in [0.05, 0.1) is 5.00 Å². The van der Waals surface area contributed by atoms with Crippen LogP contribution >= 0.6 is 11.3 Å². The molecular weight excluding hydrogens is 353 g/mol. The molecule has 0 unspecified atom stereocenters. The van der Waals surface area contributed by atoms with Crippen LogP contribution in [0.4, 0.5) is 14.2 Å². The third-order valence-electron chi connectivity index (χ3n) is 4.53. The van der Waals surface area contributed by atoms with Crippen LogP contribution in [0.1, 0.15) is 18.4 Å². The van der Waals surface area contributed by atoms with Gasteiger partial charge in [-0.25, -0.2) is 9.18 Å². The zero-order valence-corrected chi connectivity index (χ0v) is 15.2. The fourth-order valence-corrected chi connectivity index (χ4v) is 3.61. The normalized spacial score (nSPS) is 14.9. The average Bonchev–Trinajstić information content (AvgIpc) is 3.16. The van der Waals surface area contributed by atoms with Crippen LogP contribution in [-0.4, -0.2) is 36.5 Å². The second kappa shape index (κ2) is 8.80. The van der Waals surface area contributed by atoms with Crippen molar-refractivity contribution in [3.63, 3.8) is 0 Å².